The predicted octanol–water partition coefficient (Wildman–Crippen LogP) is 1.90. The van der Waals surface area contributed by atoms with E-state index in [0.29, 0.717) is 17.4 Å². The van der Waals surface area contributed by atoms with Gasteiger partial charge in [0.1, 0.15) is 16.6 Å². The highest BCUT2D eigenvalue weighted by Gasteiger charge is 2.08. The van der Waals surface area contributed by atoms with Gasteiger partial charge in [-0.05, 0) is 25.5 Å². The van der Waals surface area contributed by atoms with Crippen LogP contribution in [-0.4, -0.2) is 25.5 Å². The smallest absolute Gasteiger partial charge is 0.266 e. The molecule has 122 valence electrons. The van der Waals surface area contributed by atoms with Gasteiger partial charge in [-0.1, -0.05) is 23.1 Å². The second kappa shape index (κ2) is 6.98. The van der Waals surface area contributed by atoms with E-state index in [9.17, 15) is 9.59 Å². The van der Waals surface area contributed by atoms with Crippen LogP contribution in [0.1, 0.15) is 17.0 Å². The minimum absolute atomic E-state index is 0.0560. The van der Waals surface area contributed by atoms with Crippen LogP contribution >= 0.6 is 23.1 Å². The molecule has 0 fully saturated rings. The van der Waals surface area contributed by atoms with Gasteiger partial charge in [-0.15, -0.1) is 10.2 Å². The fraction of sp³-hybridized carbons (Fsp3) is 0.267. The maximum Gasteiger partial charge on any atom is 0.266 e. The van der Waals surface area contributed by atoms with Crippen LogP contribution in [0.4, 0.5) is 0 Å². The van der Waals surface area contributed by atoms with Crippen LogP contribution in [0.5, 0.6) is 0 Å². The highest BCUT2D eigenvalue weighted by Crippen LogP contribution is 2.22. The average Bonchev–Trinajstić information content (AvgIpc) is 2.98. The lowest BCUT2D eigenvalue weighted by atomic mass is 10.2. The molecule has 0 amide bonds. The van der Waals surface area contributed by atoms with E-state index in [1.54, 1.807) is 46.0 Å². The first-order chi connectivity index (χ1) is 11.6. The lowest BCUT2D eigenvalue weighted by molar-refractivity contribution is 0.663. The molecule has 0 aliphatic rings. The molecule has 3 aromatic heterocycles. The van der Waals surface area contributed by atoms with E-state index in [4.69, 9.17) is 5.26 Å². The summed E-state index contributed by atoms with van der Waals surface area (Å²) < 4.78 is 2.52. The summed E-state index contributed by atoms with van der Waals surface area (Å²) in [5, 5.41) is 18.2. The fourth-order valence-corrected chi connectivity index (χ4v) is 4.04. The number of pyridine rings is 2. The van der Waals surface area contributed by atoms with E-state index in [0.717, 1.165) is 21.5 Å². The monoisotopic (exact) mass is 359 g/mol. The van der Waals surface area contributed by atoms with Crippen molar-refractivity contribution in [1.29, 1.82) is 5.26 Å². The number of fused-ring (bicyclic) bond motifs is 1. The molecule has 0 unspecified atom stereocenters. The van der Waals surface area contributed by atoms with E-state index in [-0.39, 0.29) is 11.1 Å². The van der Waals surface area contributed by atoms with Crippen molar-refractivity contribution in [3.05, 3.63) is 49.6 Å². The molecule has 0 radical (unpaired) electrons. The topological polar surface area (TPSA) is 104 Å². The van der Waals surface area contributed by atoms with Gasteiger partial charge in [-0.2, -0.15) is 5.26 Å². The molecule has 3 heterocycles. The molecular weight excluding hydrogens is 346 g/mol. The number of nitrogens with one attached hydrogen (secondary N) is 1. The van der Waals surface area contributed by atoms with Crippen molar-refractivity contribution < 1.29 is 0 Å². The average molecular weight is 359 g/mol. The summed E-state index contributed by atoms with van der Waals surface area (Å²) in [6.07, 6.45) is 2.45. The molecule has 0 saturated heterocycles. The molecule has 24 heavy (non-hydrogen) atoms. The number of aromatic amines is 1. The Morgan fingerprint density at radius 2 is 2.25 bits per heavy atom. The van der Waals surface area contributed by atoms with Gasteiger partial charge in [0.25, 0.3) is 11.1 Å². The Hall–Kier alpha value is -2.44. The Morgan fingerprint density at radius 1 is 1.42 bits per heavy atom. The summed E-state index contributed by atoms with van der Waals surface area (Å²) in [5.41, 5.74) is -0.304. The van der Waals surface area contributed by atoms with Gasteiger partial charge < -0.3 is 9.55 Å². The third-order valence-corrected chi connectivity index (χ3v) is 5.44. The Bertz CT molecular complexity index is 1040. The van der Waals surface area contributed by atoms with Gasteiger partial charge in [-0.25, -0.2) is 0 Å². The van der Waals surface area contributed by atoms with E-state index >= 15 is 0 Å². The Kier molecular flexibility index (Phi) is 4.78. The molecular formula is C15H13N5O2S2. The van der Waals surface area contributed by atoms with Crippen molar-refractivity contribution in [2.75, 3.05) is 5.75 Å². The number of H-pyrrole nitrogens is 1. The summed E-state index contributed by atoms with van der Waals surface area (Å²) in [6, 6.07) is 4.83. The molecule has 0 atom stereocenters. The van der Waals surface area contributed by atoms with Gasteiger partial charge in [0.05, 0.1) is 10.9 Å². The van der Waals surface area contributed by atoms with E-state index in [1.807, 2.05) is 6.92 Å². The summed E-state index contributed by atoms with van der Waals surface area (Å²) in [6.45, 7) is 2.47. The zero-order chi connectivity index (χ0) is 17.1. The summed E-state index contributed by atoms with van der Waals surface area (Å²) >= 11 is 3.17. The predicted molar refractivity (Wildman–Crippen MR) is 93.5 cm³/mol. The molecule has 0 saturated carbocycles. The van der Waals surface area contributed by atoms with Crippen molar-refractivity contribution in [3.8, 4) is 6.07 Å². The van der Waals surface area contributed by atoms with Gasteiger partial charge >= 0.3 is 0 Å². The number of rotatable bonds is 5. The molecule has 0 spiro atoms. The van der Waals surface area contributed by atoms with E-state index < -0.39 is 5.56 Å². The molecule has 0 aliphatic heterocycles. The molecule has 9 heteroatoms. The molecule has 0 bridgehead atoms. The SMILES string of the molecule is Cc1nnc(SCCCn2ccc3[nH]c(=O)c(C#N)cc3c2=O)s1. The van der Waals surface area contributed by atoms with Crippen LogP contribution in [0, 0.1) is 18.3 Å². The largest absolute Gasteiger partial charge is 0.321 e. The van der Waals surface area contributed by atoms with Crippen LogP contribution in [0.25, 0.3) is 10.9 Å². The maximum absolute atomic E-state index is 12.5. The Labute approximate surface area is 145 Å². The third kappa shape index (κ3) is 3.39. The van der Waals surface area contributed by atoms with Crippen molar-refractivity contribution in [2.45, 2.75) is 24.2 Å². The van der Waals surface area contributed by atoms with Crippen LogP contribution in [0.3, 0.4) is 0 Å². The van der Waals surface area contributed by atoms with Gasteiger partial charge in [-0.3, -0.25) is 9.59 Å². The highest BCUT2D eigenvalue weighted by molar-refractivity contribution is 8.01. The van der Waals surface area contributed by atoms with Crippen LogP contribution < -0.4 is 11.1 Å². The van der Waals surface area contributed by atoms with Crippen LogP contribution in [0.15, 0.2) is 32.3 Å². The number of hydrogen-bond donors (Lipinski definition) is 1. The standard InChI is InChI=1S/C15H13N5O2S2/c1-9-18-19-15(24-9)23-6-2-4-20-5-3-12-11(14(20)22)7-10(8-16)13(21)17-12/h3,5,7H,2,4,6H2,1H3,(H,17,21). The van der Waals surface area contributed by atoms with Crippen molar-refractivity contribution in [2.24, 2.45) is 0 Å². The minimum Gasteiger partial charge on any atom is -0.321 e. The first-order valence-corrected chi connectivity index (χ1v) is 8.98. The first-order valence-electron chi connectivity index (χ1n) is 7.18. The zero-order valence-corrected chi connectivity index (χ0v) is 14.4. The number of thioether (sulfide) groups is 1. The van der Waals surface area contributed by atoms with E-state index in [1.165, 1.54) is 6.07 Å². The summed E-state index contributed by atoms with van der Waals surface area (Å²) in [5.74, 6) is 0.828. The third-order valence-electron chi connectivity index (χ3n) is 3.38. The van der Waals surface area contributed by atoms with E-state index in [2.05, 4.69) is 15.2 Å². The summed E-state index contributed by atoms with van der Waals surface area (Å²) in [7, 11) is 0. The quantitative estimate of drug-likeness (QED) is 0.551. The molecule has 7 nitrogen and oxygen atoms in total. The molecule has 3 aromatic rings. The lowest BCUT2D eigenvalue weighted by Gasteiger charge is -2.06. The van der Waals surface area contributed by atoms with Gasteiger partial charge in [0.2, 0.25) is 0 Å². The molecule has 3 rings (SSSR count). The Balaban J connectivity index is 1.74. The molecule has 0 aromatic carbocycles. The minimum atomic E-state index is -0.481. The van der Waals surface area contributed by atoms with Gasteiger partial charge in [0, 0.05) is 18.5 Å². The highest BCUT2D eigenvalue weighted by atomic mass is 32.2. The van der Waals surface area contributed by atoms with Crippen LogP contribution in [0.2, 0.25) is 0 Å². The first kappa shape index (κ1) is 16.4. The second-order valence-corrected chi connectivity index (χ2v) is 7.58. The number of nitrogens with zero attached hydrogens (tertiary/aromatic N) is 4. The number of aryl methyl sites for hydroxylation is 2. The number of hydrogen-bond acceptors (Lipinski definition) is 7. The fourth-order valence-electron chi connectivity index (χ4n) is 2.23. The van der Waals surface area contributed by atoms with Gasteiger partial charge in [0.15, 0.2) is 4.34 Å². The van der Waals surface area contributed by atoms with Crippen molar-refractivity contribution >= 4 is 34.0 Å². The van der Waals surface area contributed by atoms with Crippen molar-refractivity contribution in [3.63, 3.8) is 0 Å². The maximum atomic E-state index is 12.5. The summed E-state index contributed by atoms with van der Waals surface area (Å²) in [4.78, 5) is 26.6. The number of nitriles is 1. The molecule has 0 aliphatic carbocycles. The second-order valence-electron chi connectivity index (χ2n) is 5.05. The van der Waals surface area contributed by atoms with Crippen molar-refractivity contribution in [1.82, 2.24) is 19.7 Å². The normalized spacial score (nSPS) is 10.8. The number of aromatic nitrogens is 4. The lowest BCUT2D eigenvalue weighted by Crippen LogP contribution is -2.22. The molecule has 1 N–H and O–H groups in total. The van der Waals surface area contributed by atoms with Crippen LogP contribution in [-0.2, 0) is 6.54 Å². The Morgan fingerprint density at radius 3 is 2.96 bits per heavy atom. The zero-order valence-electron chi connectivity index (χ0n) is 12.8.